The fraction of sp³-hybridized carbons (Fsp3) is 0.650. The number of phenolic OH excluding ortho intramolecular Hbond substituents is 2. The average Bonchev–Trinajstić information content (AvgIpc) is 2.44. The highest BCUT2D eigenvalue weighted by Gasteiger charge is 2.57. The Labute approximate surface area is 149 Å². The number of rotatable bonds is 0. The standard InChI is InChI=1S/C20H29NO4/c1-18(2,3)25-17(24)21-8-7-20(6)13-11-15(23)14(22)9-12(13)10-16(21)19(20,4)5/h9,11,16,22-23H,7-8,10H2,1-6H3. The van der Waals surface area contributed by atoms with Crippen molar-refractivity contribution in [2.45, 2.75) is 71.4 Å². The van der Waals surface area contributed by atoms with Gasteiger partial charge in [0.1, 0.15) is 5.60 Å². The minimum Gasteiger partial charge on any atom is -0.504 e. The molecule has 138 valence electrons. The largest absolute Gasteiger partial charge is 0.504 e. The Morgan fingerprint density at radius 1 is 1.20 bits per heavy atom. The second-order valence-corrected chi connectivity index (χ2v) is 9.20. The summed E-state index contributed by atoms with van der Waals surface area (Å²) in [5, 5.41) is 19.9. The minimum absolute atomic E-state index is 0.0162. The van der Waals surface area contributed by atoms with Crippen LogP contribution in [0.3, 0.4) is 0 Å². The molecule has 0 aromatic heterocycles. The number of piperidine rings is 1. The third-order valence-electron chi connectivity index (χ3n) is 6.32. The second-order valence-electron chi connectivity index (χ2n) is 9.20. The molecule has 2 N–H and O–H groups in total. The molecule has 2 bridgehead atoms. The molecule has 1 aliphatic carbocycles. The van der Waals surface area contributed by atoms with Gasteiger partial charge in [-0.25, -0.2) is 4.79 Å². The highest BCUT2D eigenvalue weighted by molar-refractivity contribution is 5.70. The first-order valence-electron chi connectivity index (χ1n) is 8.92. The van der Waals surface area contributed by atoms with E-state index in [0.29, 0.717) is 13.0 Å². The second kappa shape index (κ2) is 5.29. The molecule has 1 amide bonds. The van der Waals surface area contributed by atoms with Gasteiger partial charge in [0.25, 0.3) is 0 Å². The maximum atomic E-state index is 12.8. The van der Waals surface area contributed by atoms with Gasteiger partial charge < -0.3 is 19.8 Å². The topological polar surface area (TPSA) is 70.0 Å². The third-order valence-corrected chi connectivity index (χ3v) is 6.32. The lowest BCUT2D eigenvalue weighted by Gasteiger charge is -2.60. The van der Waals surface area contributed by atoms with E-state index < -0.39 is 5.60 Å². The number of aromatic hydroxyl groups is 2. The van der Waals surface area contributed by atoms with Gasteiger partial charge in [-0.1, -0.05) is 20.8 Å². The normalized spacial score (nSPS) is 27.6. The van der Waals surface area contributed by atoms with E-state index in [1.165, 1.54) is 0 Å². The molecular weight excluding hydrogens is 318 g/mol. The third kappa shape index (κ3) is 2.64. The summed E-state index contributed by atoms with van der Waals surface area (Å²) < 4.78 is 5.62. The van der Waals surface area contributed by atoms with E-state index in [4.69, 9.17) is 4.74 Å². The molecule has 25 heavy (non-hydrogen) atoms. The summed E-state index contributed by atoms with van der Waals surface area (Å²) in [5.41, 5.74) is 1.18. The number of hydrogen-bond donors (Lipinski definition) is 2. The van der Waals surface area contributed by atoms with E-state index >= 15 is 0 Å². The van der Waals surface area contributed by atoms with E-state index in [0.717, 1.165) is 17.5 Å². The highest BCUT2D eigenvalue weighted by atomic mass is 16.6. The van der Waals surface area contributed by atoms with Gasteiger partial charge in [0.15, 0.2) is 11.5 Å². The molecule has 5 heteroatoms. The molecule has 0 spiro atoms. The summed E-state index contributed by atoms with van der Waals surface area (Å²) in [6.45, 7) is 12.8. The molecule has 1 saturated heterocycles. The molecule has 2 unspecified atom stereocenters. The zero-order valence-electron chi connectivity index (χ0n) is 16.0. The number of nitrogens with zero attached hydrogens (tertiary/aromatic N) is 1. The van der Waals surface area contributed by atoms with Crippen LogP contribution in [0.25, 0.3) is 0 Å². The number of carbonyl (C=O) groups excluding carboxylic acids is 1. The lowest BCUT2D eigenvalue weighted by molar-refractivity contribution is -0.0522. The van der Waals surface area contributed by atoms with Crippen LogP contribution in [0.1, 0.15) is 59.1 Å². The van der Waals surface area contributed by atoms with Crippen molar-refractivity contribution in [1.29, 1.82) is 0 Å². The van der Waals surface area contributed by atoms with Crippen LogP contribution in [0.2, 0.25) is 0 Å². The Hall–Kier alpha value is -1.91. The lowest BCUT2D eigenvalue weighted by Crippen LogP contribution is -2.65. The van der Waals surface area contributed by atoms with Crippen LogP contribution >= 0.6 is 0 Å². The monoisotopic (exact) mass is 347 g/mol. The van der Waals surface area contributed by atoms with Crippen molar-refractivity contribution in [3.63, 3.8) is 0 Å². The average molecular weight is 347 g/mol. The van der Waals surface area contributed by atoms with Crippen LogP contribution in [0, 0.1) is 5.41 Å². The van der Waals surface area contributed by atoms with Crippen LogP contribution in [-0.2, 0) is 16.6 Å². The lowest BCUT2D eigenvalue weighted by atomic mass is 9.51. The van der Waals surface area contributed by atoms with Crippen molar-refractivity contribution in [3.05, 3.63) is 23.3 Å². The number of hydrogen-bond acceptors (Lipinski definition) is 4. The molecule has 0 saturated carbocycles. The van der Waals surface area contributed by atoms with Crippen molar-refractivity contribution >= 4 is 6.09 Å². The summed E-state index contributed by atoms with van der Waals surface area (Å²) in [7, 11) is 0. The van der Waals surface area contributed by atoms with Crippen molar-refractivity contribution < 1.29 is 19.7 Å². The van der Waals surface area contributed by atoms with Crippen molar-refractivity contribution in [2.24, 2.45) is 5.41 Å². The van der Waals surface area contributed by atoms with Gasteiger partial charge in [0.2, 0.25) is 0 Å². The van der Waals surface area contributed by atoms with Gasteiger partial charge in [-0.3, -0.25) is 0 Å². The maximum absolute atomic E-state index is 12.8. The summed E-state index contributed by atoms with van der Waals surface area (Å²) in [4.78, 5) is 14.6. The number of fused-ring (bicyclic) bond motifs is 4. The number of amides is 1. The minimum atomic E-state index is -0.529. The molecule has 1 aromatic carbocycles. The first-order valence-corrected chi connectivity index (χ1v) is 8.92. The molecule has 5 nitrogen and oxygen atoms in total. The predicted octanol–water partition coefficient (Wildman–Crippen LogP) is 3.95. The van der Waals surface area contributed by atoms with E-state index in [9.17, 15) is 15.0 Å². The first-order chi connectivity index (χ1) is 11.4. The summed E-state index contributed by atoms with van der Waals surface area (Å²) in [6.07, 6.45) is 1.15. The molecule has 2 atom stereocenters. The molecule has 1 heterocycles. The first kappa shape index (κ1) is 17.9. The van der Waals surface area contributed by atoms with Gasteiger partial charge in [0.05, 0.1) is 0 Å². The molecule has 1 fully saturated rings. The van der Waals surface area contributed by atoms with Crippen LogP contribution in [0.15, 0.2) is 12.1 Å². The van der Waals surface area contributed by atoms with Crippen molar-refractivity contribution in [3.8, 4) is 11.5 Å². The SMILES string of the molecule is CC(C)(C)OC(=O)N1CCC2(C)c3cc(O)c(O)cc3CC1C2(C)C. The summed E-state index contributed by atoms with van der Waals surface area (Å²) >= 11 is 0. The quantitative estimate of drug-likeness (QED) is 0.697. The van der Waals surface area contributed by atoms with Gasteiger partial charge in [0, 0.05) is 18.0 Å². The number of likely N-dealkylation sites (tertiary alicyclic amines) is 1. The van der Waals surface area contributed by atoms with Gasteiger partial charge in [-0.15, -0.1) is 0 Å². The zero-order chi connectivity index (χ0) is 18.8. The molecular formula is C20H29NO4. The number of carbonyl (C=O) groups is 1. The van der Waals surface area contributed by atoms with E-state index in [2.05, 4.69) is 20.8 Å². The highest BCUT2D eigenvalue weighted by Crippen LogP contribution is 2.57. The molecule has 2 aliphatic rings. The Balaban J connectivity index is 2.04. The summed E-state index contributed by atoms with van der Waals surface area (Å²) in [5.74, 6) is -0.187. The Morgan fingerprint density at radius 2 is 1.80 bits per heavy atom. The van der Waals surface area contributed by atoms with E-state index in [-0.39, 0.29) is 34.5 Å². The number of ether oxygens (including phenoxy) is 1. The maximum Gasteiger partial charge on any atom is 0.410 e. The molecule has 3 rings (SSSR count). The van der Waals surface area contributed by atoms with Crippen LogP contribution < -0.4 is 0 Å². The summed E-state index contributed by atoms with van der Waals surface area (Å²) in [6, 6.07) is 3.33. The smallest absolute Gasteiger partial charge is 0.410 e. The zero-order valence-corrected chi connectivity index (χ0v) is 16.0. The fourth-order valence-corrected chi connectivity index (χ4v) is 4.48. The molecule has 0 radical (unpaired) electrons. The van der Waals surface area contributed by atoms with Crippen molar-refractivity contribution in [1.82, 2.24) is 4.90 Å². The molecule has 1 aliphatic heterocycles. The van der Waals surface area contributed by atoms with E-state index in [1.54, 1.807) is 12.1 Å². The van der Waals surface area contributed by atoms with Gasteiger partial charge in [-0.05, 0) is 62.3 Å². The van der Waals surface area contributed by atoms with Gasteiger partial charge in [-0.2, -0.15) is 0 Å². The van der Waals surface area contributed by atoms with Crippen LogP contribution in [0.4, 0.5) is 4.79 Å². The molecule has 1 aromatic rings. The van der Waals surface area contributed by atoms with Crippen LogP contribution in [-0.4, -0.2) is 39.4 Å². The van der Waals surface area contributed by atoms with Crippen LogP contribution in [0.5, 0.6) is 11.5 Å². The Bertz CT molecular complexity index is 719. The Morgan fingerprint density at radius 3 is 2.40 bits per heavy atom. The Kier molecular flexibility index (Phi) is 3.79. The fourth-order valence-electron chi connectivity index (χ4n) is 4.48. The predicted molar refractivity (Wildman–Crippen MR) is 96.0 cm³/mol. The van der Waals surface area contributed by atoms with Crippen molar-refractivity contribution in [2.75, 3.05) is 6.54 Å². The van der Waals surface area contributed by atoms with Gasteiger partial charge >= 0.3 is 6.09 Å². The number of benzene rings is 1. The number of phenols is 2. The van der Waals surface area contributed by atoms with E-state index in [1.807, 2.05) is 25.7 Å².